The third kappa shape index (κ3) is 1.97. The Labute approximate surface area is 88.2 Å². The fourth-order valence-electron chi connectivity index (χ4n) is 1.01. The van der Waals surface area contributed by atoms with E-state index < -0.39 is 5.97 Å². The molecule has 84 valence electrons. The lowest BCUT2D eigenvalue weighted by Crippen LogP contribution is -2.22. The smallest absolute Gasteiger partial charge is 0.228 e. The summed E-state index contributed by atoms with van der Waals surface area (Å²) in [7, 11) is 0. The lowest BCUT2D eigenvalue weighted by atomic mass is 10.3. The molecule has 0 atom stereocenters. The Morgan fingerprint density at radius 2 is 2.19 bits per heavy atom. The molecule has 0 saturated carbocycles. The summed E-state index contributed by atoms with van der Waals surface area (Å²) in [4.78, 5) is 14.1. The molecule has 9 heteroatoms. The molecule has 2 N–H and O–H groups in total. The minimum Gasteiger partial charge on any atom is -0.550 e. The monoisotopic (exact) mass is 224 g/mol. The maximum Gasteiger partial charge on any atom is 0.228 e. The van der Waals surface area contributed by atoms with E-state index in [1.54, 1.807) is 0 Å². The van der Waals surface area contributed by atoms with Crippen LogP contribution < -0.4 is 10.8 Å². The second kappa shape index (κ2) is 3.96. The van der Waals surface area contributed by atoms with E-state index in [1.165, 1.54) is 0 Å². The molecular weight excluding hydrogens is 218 g/mol. The van der Waals surface area contributed by atoms with Crippen LogP contribution in [0.5, 0.6) is 0 Å². The number of aryl methyl sites for hydroxylation is 1. The molecule has 0 aliphatic carbocycles. The topological polar surface area (TPSA) is 144 Å². The Kier molecular flexibility index (Phi) is 2.50. The number of carbonyl (C=O) groups excluding carboxylic acids is 1. The van der Waals surface area contributed by atoms with Crippen LogP contribution in [-0.2, 0) is 11.2 Å². The Bertz CT molecular complexity index is 504. The summed E-state index contributed by atoms with van der Waals surface area (Å²) >= 11 is 0. The molecule has 0 radical (unpaired) electrons. The second-order valence-electron chi connectivity index (χ2n) is 2.88. The van der Waals surface area contributed by atoms with E-state index in [2.05, 4.69) is 25.1 Å². The summed E-state index contributed by atoms with van der Waals surface area (Å²) in [5.41, 5.74) is 5.57. The van der Waals surface area contributed by atoms with Crippen LogP contribution in [0.4, 0.5) is 5.82 Å². The highest BCUT2D eigenvalue weighted by atomic mass is 16.6. The quantitative estimate of drug-likeness (QED) is 0.647. The number of nitrogens with zero attached hydrogens (tertiary/aromatic N) is 4. The van der Waals surface area contributed by atoms with Gasteiger partial charge in [0, 0.05) is 12.4 Å². The van der Waals surface area contributed by atoms with Crippen LogP contribution >= 0.6 is 0 Å². The highest BCUT2D eigenvalue weighted by Gasteiger charge is 2.16. The van der Waals surface area contributed by atoms with Gasteiger partial charge < -0.3 is 20.2 Å². The van der Waals surface area contributed by atoms with Crippen LogP contribution in [0, 0.1) is 0 Å². The summed E-state index contributed by atoms with van der Waals surface area (Å²) < 4.78 is 9.13. The number of rotatable bonds is 4. The molecule has 0 aliphatic heterocycles. The van der Waals surface area contributed by atoms with Gasteiger partial charge in [0.25, 0.3) is 0 Å². The van der Waals surface area contributed by atoms with Gasteiger partial charge in [-0.15, -0.1) is 0 Å². The van der Waals surface area contributed by atoms with E-state index in [0.717, 1.165) is 0 Å². The number of nitrogen functional groups attached to an aromatic ring is 1. The predicted molar refractivity (Wildman–Crippen MR) is 45.3 cm³/mol. The molecule has 0 fully saturated rings. The van der Waals surface area contributed by atoms with Crippen molar-refractivity contribution in [1.29, 1.82) is 0 Å². The van der Waals surface area contributed by atoms with Gasteiger partial charge >= 0.3 is 0 Å². The zero-order valence-corrected chi connectivity index (χ0v) is 7.91. The fraction of sp³-hybridized carbons (Fsp3) is 0.286. The van der Waals surface area contributed by atoms with Gasteiger partial charge in [0.15, 0.2) is 11.5 Å². The molecule has 2 aromatic heterocycles. The minimum absolute atomic E-state index is 0.0345. The highest BCUT2D eigenvalue weighted by molar-refractivity contribution is 5.64. The number of nitrogens with two attached hydrogens (primary N) is 1. The van der Waals surface area contributed by atoms with E-state index in [9.17, 15) is 9.90 Å². The fourth-order valence-corrected chi connectivity index (χ4v) is 1.01. The van der Waals surface area contributed by atoms with Crippen molar-refractivity contribution in [2.45, 2.75) is 12.8 Å². The van der Waals surface area contributed by atoms with Gasteiger partial charge in [-0.05, 0) is 16.7 Å². The summed E-state index contributed by atoms with van der Waals surface area (Å²) in [6, 6.07) is 0. The van der Waals surface area contributed by atoms with Gasteiger partial charge in [-0.3, -0.25) is 0 Å². The molecule has 2 heterocycles. The molecule has 2 aromatic rings. The third-order valence-electron chi connectivity index (χ3n) is 1.74. The average molecular weight is 224 g/mol. The first kappa shape index (κ1) is 10.1. The van der Waals surface area contributed by atoms with Crippen molar-refractivity contribution < 1.29 is 19.1 Å². The Balaban J connectivity index is 2.14. The zero-order valence-electron chi connectivity index (χ0n) is 7.91. The van der Waals surface area contributed by atoms with Crippen LogP contribution in [0.15, 0.2) is 9.15 Å². The van der Waals surface area contributed by atoms with Crippen molar-refractivity contribution in [2.75, 3.05) is 5.73 Å². The molecule has 0 amide bonds. The van der Waals surface area contributed by atoms with Crippen LogP contribution in [0.25, 0.3) is 11.5 Å². The molecule has 0 spiro atoms. The third-order valence-corrected chi connectivity index (χ3v) is 1.74. The SMILES string of the molecule is Nc1nonc1-c1noc(CCC(=O)[O-])n1. The lowest BCUT2D eigenvalue weighted by molar-refractivity contribution is -0.305. The molecule has 9 nitrogen and oxygen atoms in total. The summed E-state index contributed by atoms with van der Waals surface area (Å²) in [6.07, 6.45) is -0.116. The van der Waals surface area contributed by atoms with Gasteiger partial charge in [-0.2, -0.15) is 4.98 Å². The minimum atomic E-state index is -1.19. The predicted octanol–water partition coefficient (Wildman–Crippen LogP) is -1.62. The maximum absolute atomic E-state index is 10.2. The maximum atomic E-state index is 10.2. The van der Waals surface area contributed by atoms with Crippen LogP contribution in [0.3, 0.4) is 0 Å². The lowest BCUT2D eigenvalue weighted by Gasteiger charge is -1.95. The Hall–Kier alpha value is -2.45. The number of carboxylic acids is 1. The van der Waals surface area contributed by atoms with Gasteiger partial charge in [-0.1, -0.05) is 5.16 Å². The normalized spacial score (nSPS) is 10.5. The molecular formula is C7H6N5O4-. The van der Waals surface area contributed by atoms with Crippen molar-refractivity contribution in [3.05, 3.63) is 5.89 Å². The summed E-state index contributed by atoms with van der Waals surface area (Å²) in [6.45, 7) is 0. The first-order valence-corrected chi connectivity index (χ1v) is 4.27. The first-order chi connectivity index (χ1) is 7.66. The Morgan fingerprint density at radius 3 is 2.81 bits per heavy atom. The number of aliphatic carboxylic acids is 1. The number of anilines is 1. The largest absolute Gasteiger partial charge is 0.550 e. The average Bonchev–Trinajstić information content (AvgIpc) is 2.83. The standard InChI is InChI=1S/C7H7N5O4/c8-6-5(10-16-11-6)7-9-3(15-12-7)1-2-4(13)14/h1-2H2,(H2,8,11)(H,13,14)/p-1. The molecule has 16 heavy (non-hydrogen) atoms. The van der Waals surface area contributed by atoms with Gasteiger partial charge in [0.05, 0.1) is 0 Å². The van der Waals surface area contributed by atoms with Gasteiger partial charge in [-0.25, -0.2) is 4.63 Å². The number of carboxylic acid groups (broad SMARTS) is 1. The summed E-state index contributed by atoms with van der Waals surface area (Å²) in [5, 5.41) is 20.6. The van der Waals surface area contributed by atoms with E-state index in [4.69, 9.17) is 10.3 Å². The van der Waals surface area contributed by atoms with E-state index in [1.807, 2.05) is 0 Å². The van der Waals surface area contributed by atoms with Crippen molar-refractivity contribution >= 4 is 11.8 Å². The van der Waals surface area contributed by atoms with Crippen molar-refractivity contribution in [3.63, 3.8) is 0 Å². The molecule has 0 bridgehead atoms. The highest BCUT2D eigenvalue weighted by Crippen LogP contribution is 2.18. The molecule has 0 aromatic carbocycles. The molecule has 0 saturated heterocycles. The zero-order chi connectivity index (χ0) is 11.5. The number of carbonyl (C=O) groups is 1. The number of hydrogen-bond acceptors (Lipinski definition) is 9. The van der Waals surface area contributed by atoms with Crippen LogP contribution in [-0.4, -0.2) is 26.4 Å². The molecule has 0 unspecified atom stereocenters. The van der Waals surface area contributed by atoms with Crippen molar-refractivity contribution in [2.24, 2.45) is 0 Å². The second-order valence-corrected chi connectivity index (χ2v) is 2.88. The van der Waals surface area contributed by atoms with E-state index >= 15 is 0 Å². The van der Waals surface area contributed by atoms with Crippen LogP contribution in [0.1, 0.15) is 12.3 Å². The van der Waals surface area contributed by atoms with Crippen molar-refractivity contribution in [3.8, 4) is 11.5 Å². The summed E-state index contributed by atoms with van der Waals surface area (Å²) in [5.74, 6) is -0.900. The molecule has 2 rings (SSSR count). The number of aromatic nitrogens is 4. The van der Waals surface area contributed by atoms with E-state index in [-0.39, 0.29) is 36.1 Å². The van der Waals surface area contributed by atoms with Crippen molar-refractivity contribution in [1.82, 2.24) is 20.5 Å². The number of hydrogen-bond donors (Lipinski definition) is 1. The van der Waals surface area contributed by atoms with Crippen LogP contribution in [0.2, 0.25) is 0 Å². The Morgan fingerprint density at radius 1 is 1.38 bits per heavy atom. The first-order valence-electron chi connectivity index (χ1n) is 4.27. The molecule has 0 aliphatic rings. The van der Waals surface area contributed by atoms with E-state index in [0.29, 0.717) is 0 Å². The van der Waals surface area contributed by atoms with Gasteiger partial charge in [0.1, 0.15) is 0 Å². The van der Waals surface area contributed by atoms with Gasteiger partial charge in [0.2, 0.25) is 11.7 Å².